The Morgan fingerprint density at radius 3 is 2.52 bits per heavy atom. The maximum atomic E-state index is 13.1. The predicted molar refractivity (Wildman–Crippen MR) is 152 cm³/mol. The minimum atomic E-state index is -0.627. The smallest absolute Gasteiger partial charge is 0.269 e. The van der Waals surface area contributed by atoms with Crippen molar-refractivity contribution in [2.45, 2.75) is 13.5 Å². The van der Waals surface area contributed by atoms with Gasteiger partial charge < -0.3 is 34.9 Å². The molecule has 3 aromatic carbocycles. The van der Waals surface area contributed by atoms with E-state index in [2.05, 4.69) is 16.0 Å². The van der Waals surface area contributed by atoms with Crippen LogP contribution >= 0.6 is 11.8 Å². The van der Waals surface area contributed by atoms with E-state index in [4.69, 9.17) is 18.9 Å². The van der Waals surface area contributed by atoms with Crippen molar-refractivity contribution < 1.29 is 28.5 Å². The van der Waals surface area contributed by atoms with Gasteiger partial charge in [0.2, 0.25) is 12.7 Å². The van der Waals surface area contributed by atoms with Crippen LogP contribution < -0.4 is 34.9 Å². The normalized spacial score (nSPS) is 12.0. The summed E-state index contributed by atoms with van der Waals surface area (Å²) >= 11 is 1.05. The largest absolute Gasteiger partial charge is 0.497 e. The summed E-state index contributed by atoms with van der Waals surface area (Å²) in [5, 5.41) is 18.9. The third-order valence-corrected chi connectivity index (χ3v) is 6.59. The summed E-state index contributed by atoms with van der Waals surface area (Å²) in [7, 11) is 1.52. The zero-order valence-corrected chi connectivity index (χ0v) is 22.8. The Hall–Kier alpha value is -4.82. The van der Waals surface area contributed by atoms with Crippen LogP contribution in [0.3, 0.4) is 0 Å². The van der Waals surface area contributed by atoms with Crippen molar-refractivity contribution in [3.8, 4) is 29.1 Å². The highest BCUT2D eigenvalue weighted by atomic mass is 32.2. The number of fused-ring (bicyclic) bond motifs is 1. The number of methoxy groups -OCH3 is 1. The maximum Gasteiger partial charge on any atom is 0.269 e. The van der Waals surface area contributed by atoms with Gasteiger partial charge in [-0.05, 0) is 61.0 Å². The number of hydrogen-bond donors (Lipinski definition) is 3. The van der Waals surface area contributed by atoms with Crippen LogP contribution in [0.25, 0.3) is 0 Å². The lowest BCUT2D eigenvalue weighted by Crippen LogP contribution is -2.25. The van der Waals surface area contributed by atoms with Gasteiger partial charge in [0.15, 0.2) is 11.5 Å². The monoisotopic (exact) mass is 560 g/mol. The fourth-order valence-corrected chi connectivity index (χ4v) is 4.49. The summed E-state index contributed by atoms with van der Waals surface area (Å²) in [5.41, 5.74) is 1.75. The van der Waals surface area contributed by atoms with Crippen molar-refractivity contribution in [1.82, 2.24) is 5.32 Å². The number of nitrogens with zero attached hydrogens (tertiary/aromatic N) is 1. The molecule has 0 saturated heterocycles. The number of hydrogen-bond acceptors (Lipinski definition) is 9. The minimum absolute atomic E-state index is 0.0401. The molecule has 0 fully saturated rings. The molecular weight excluding hydrogens is 532 g/mol. The molecule has 10 nitrogen and oxygen atoms in total. The van der Waals surface area contributed by atoms with Gasteiger partial charge in [-0.25, -0.2) is 0 Å². The van der Waals surface area contributed by atoms with Gasteiger partial charge in [-0.3, -0.25) is 9.59 Å². The van der Waals surface area contributed by atoms with Crippen molar-refractivity contribution in [3.05, 3.63) is 82.9 Å². The second-order valence-electron chi connectivity index (χ2n) is 8.34. The highest BCUT2D eigenvalue weighted by Gasteiger charge is 2.19. The van der Waals surface area contributed by atoms with Gasteiger partial charge in [-0.1, -0.05) is 23.9 Å². The molecule has 2 amide bonds. The number of benzene rings is 3. The summed E-state index contributed by atoms with van der Waals surface area (Å²) in [5.74, 6) is 1.59. The van der Waals surface area contributed by atoms with Gasteiger partial charge in [0.25, 0.3) is 5.91 Å². The zero-order chi connectivity index (χ0) is 28.3. The molecule has 4 rings (SSSR count). The Morgan fingerprint density at radius 2 is 1.77 bits per heavy atom. The molecule has 0 aliphatic carbocycles. The quantitative estimate of drug-likeness (QED) is 0.214. The topological polar surface area (TPSA) is 131 Å². The fraction of sp³-hybridized carbons (Fsp3) is 0.207. The van der Waals surface area contributed by atoms with Crippen molar-refractivity contribution >= 4 is 35.0 Å². The molecule has 0 unspecified atom stereocenters. The summed E-state index contributed by atoms with van der Waals surface area (Å²) in [6.07, 6.45) is 0. The van der Waals surface area contributed by atoms with E-state index in [0.29, 0.717) is 41.0 Å². The van der Waals surface area contributed by atoms with Gasteiger partial charge >= 0.3 is 0 Å². The van der Waals surface area contributed by atoms with Crippen LogP contribution in [-0.2, 0) is 16.1 Å². The number of ether oxygens (including phenoxy) is 4. The molecule has 1 heterocycles. The lowest BCUT2D eigenvalue weighted by atomic mass is 10.2. The molecule has 1 aliphatic heterocycles. The van der Waals surface area contributed by atoms with Crippen LogP contribution in [-0.4, -0.2) is 38.1 Å². The molecule has 0 aromatic heterocycles. The Kier molecular flexibility index (Phi) is 9.74. The SMILES string of the molecule is CCOc1ccc(N/C(SCC(=O)NCc2ccc3c(c2)OCO3)=C(/C#N)C(=O)Nc2cccc(OC)c2)cc1. The summed E-state index contributed by atoms with van der Waals surface area (Å²) in [6.45, 7) is 2.87. The van der Waals surface area contributed by atoms with Crippen LogP contribution in [0.5, 0.6) is 23.0 Å². The third-order valence-electron chi connectivity index (χ3n) is 5.59. The Bertz CT molecular complexity index is 1440. The molecule has 40 heavy (non-hydrogen) atoms. The molecule has 206 valence electrons. The molecule has 11 heteroatoms. The first-order valence-corrected chi connectivity index (χ1v) is 13.3. The number of anilines is 2. The molecule has 3 aromatic rings. The summed E-state index contributed by atoms with van der Waals surface area (Å²) in [4.78, 5) is 25.8. The van der Waals surface area contributed by atoms with E-state index in [1.807, 2.05) is 25.1 Å². The van der Waals surface area contributed by atoms with Gasteiger partial charge in [0, 0.05) is 24.0 Å². The number of carbonyl (C=O) groups excluding carboxylic acids is 2. The molecule has 0 atom stereocenters. The highest BCUT2D eigenvalue weighted by Crippen LogP contribution is 2.32. The van der Waals surface area contributed by atoms with Gasteiger partial charge in [-0.2, -0.15) is 5.26 Å². The second-order valence-corrected chi connectivity index (χ2v) is 9.32. The van der Waals surface area contributed by atoms with E-state index in [-0.39, 0.29) is 35.6 Å². The number of nitriles is 1. The lowest BCUT2D eigenvalue weighted by molar-refractivity contribution is -0.118. The van der Waals surface area contributed by atoms with Gasteiger partial charge in [0.05, 0.1) is 24.5 Å². The van der Waals surface area contributed by atoms with Crippen LogP contribution in [0.2, 0.25) is 0 Å². The standard InChI is InChI=1S/C29H28N4O6S/c1-3-37-22-10-8-20(9-11-22)33-29(24(15-30)28(35)32-21-5-4-6-23(14-21)36-2)40-17-27(34)31-16-19-7-12-25-26(13-19)39-18-38-25/h4-14,33H,3,16-18H2,1-2H3,(H,31,34)(H,32,35)/b29-24+. The summed E-state index contributed by atoms with van der Waals surface area (Å²) < 4.78 is 21.4. The van der Waals surface area contributed by atoms with Crippen molar-refractivity contribution in [2.24, 2.45) is 0 Å². The first-order valence-electron chi connectivity index (χ1n) is 12.4. The zero-order valence-electron chi connectivity index (χ0n) is 22.0. The van der Waals surface area contributed by atoms with Crippen LogP contribution in [0.4, 0.5) is 11.4 Å². The Morgan fingerprint density at radius 1 is 0.975 bits per heavy atom. The molecule has 0 spiro atoms. The van der Waals surface area contributed by atoms with E-state index in [1.54, 1.807) is 54.6 Å². The van der Waals surface area contributed by atoms with E-state index in [1.165, 1.54) is 7.11 Å². The molecule has 0 radical (unpaired) electrons. The van der Waals surface area contributed by atoms with Gasteiger partial charge in [0.1, 0.15) is 23.1 Å². The molecule has 0 saturated carbocycles. The summed E-state index contributed by atoms with van der Waals surface area (Å²) in [6, 6.07) is 21.3. The van der Waals surface area contributed by atoms with E-state index in [9.17, 15) is 14.9 Å². The van der Waals surface area contributed by atoms with Crippen molar-refractivity contribution in [2.75, 3.05) is 36.9 Å². The predicted octanol–water partition coefficient (Wildman–Crippen LogP) is 4.66. The third kappa shape index (κ3) is 7.61. The average Bonchev–Trinajstić information content (AvgIpc) is 3.44. The van der Waals surface area contributed by atoms with E-state index >= 15 is 0 Å². The molecule has 0 bridgehead atoms. The highest BCUT2D eigenvalue weighted by molar-refractivity contribution is 8.03. The fourth-order valence-electron chi connectivity index (χ4n) is 3.64. The Labute approximate surface area is 236 Å². The first-order chi connectivity index (χ1) is 19.5. The number of amides is 2. The van der Waals surface area contributed by atoms with Crippen LogP contribution in [0.15, 0.2) is 77.3 Å². The van der Waals surface area contributed by atoms with Crippen LogP contribution in [0, 0.1) is 11.3 Å². The number of nitrogens with one attached hydrogen (secondary N) is 3. The van der Waals surface area contributed by atoms with Gasteiger partial charge in [-0.15, -0.1) is 0 Å². The molecular formula is C29H28N4O6S. The second kappa shape index (κ2) is 13.8. The molecule has 3 N–H and O–H groups in total. The Balaban J connectivity index is 1.48. The number of thioether (sulfide) groups is 1. The molecule has 1 aliphatic rings. The van der Waals surface area contributed by atoms with Crippen molar-refractivity contribution in [3.63, 3.8) is 0 Å². The average molecular weight is 561 g/mol. The number of rotatable bonds is 12. The number of carbonyl (C=O) groups is 2. The van der Waals surface area contributed by atoms with Crippen LogP contribution in [0.1, 0.15) is 12.5 Å². The van der Waals surface area contributed by atoms with Crippen molar-refractivity contribution in [1.29, 1.82) is 5.26 Å². The lowest BCUT2D eigenvalue weighted by Gasteiger charge is -2.14. The maximum absolute atomic E-state index is 13.1. The van der Waals surface area contributed by atoms with E-state index < -0.39 is 5.91 Å². The van der Waals surface area contributed by atoms with E-state index in [0.717, 1.165) is 17.3 Å². The minimum Gasteiger partial charge on any atom is -0.497 e. The first kappa shape index (κ1) is 28.2.